The maximum absolute atomic E-state index is 12.0. The number of carbonyl (C=O) groups is 1. The van der Waals surface area contributed by atoms with E-state index >= 15 is 0 Å². The second-order valence-electron chi connectivity index (χ2n) is 5.20. The number of carbonyl (C=O) groups excluding carboxylic acids is 1. The third-order valence-corrected chi connectivity index (χ3v) is 3.54. The molecule has 2 N–H and O–H groups in total. The smallest absolute Gasteiger partial charge is 0.319 e. The molecule has 0 aliphatic carbocycles. The van der Waals surface area contributed by atoms with Gasteiger partial charge in [0, 0.05) is 6.20 Å². The molecule has 0 aromatic heterocycles. The molecular weight excluding hydrogens is 304 g/mol. The normalized spacial score (nSPS) is 11.8. The molecule has 2 rings (SSSR count). The maximum Gasteiger partial charge on any atom is 0.319 e. The minimum absolute atomic E-state index is 0.171. The van der Waals surface area contributed by atoms with Crippen molar-refractivity contribution in [2.45, 2.75) is 13.0 Å². The average molecular weight is 326 g/mol. The SMILES string of the molecule is COc1ccc(C(C)NC(=O)N/C=C/c2ccccc2)cc1OC. The lowest BCUT2D eigenvalue weighted by molar-refractivity contribution is 0.241. The van der Waals surface area contributed by atoms with Crippen molar-refractivity contribution in [2.24, 2.45) is 0 Å². The Balaban J connectivity index is 1.92. The number of ether oxygens (including phenoxy) is 2. The average Bonchev–Trinajstić information content (AvgIpc) is 2.61. The molecule has 0 heterocycles. The Morgan fingerprint density at radius 2 is 1.75 bits per heavy atom. The maximum atomic E-state index is 12.0. The van der Waals surface area contributed by atoms with E-state index < -0.39 is 0 Å². The van der Waals surface area contributed by atoms with Gasteiger partial charge in [0.1, 0.15) is 0 Å². The fourth-order valence-electron chi connectivity index (χ4n) is 2.22. The number of hydrogen-bond donors (Lipinski definition) is 2. The Bertz CT molecular complexity index is 699. The summed E-state index contributed by atoms with van der Waals surface area (Å²) in [5, 5.41) is 5.57. The van der Waals surface area contributed by atoms with Crippen LogP contribution in [-0.2, 0) is 0 Å². The highest BCUT2D eigenvalue weighted by molar-refractivity contribution is 5.76. The van der Waals surface area contributed by atoms with Crippen LogP contribution in [-0.4, -0.2) is 20.3 Å². The van der Waals surface area contributed by atoms with Crippen LogP contribution in [0.2, 0.25) is 0 Å². The Kier molecular flexibility index (Phi) is 6.25. The number of benzene rings is 2. The number of amides is 2. The summed E-state index contributed by atoms with van der Waals surface area (Å²) in [6.07, 6.45) is 3.45. The molecule has 0 fully saturated rings. The first kappa shape index (κ1) is 17.4. The Hall–Kier alpha value is -2.95. The summed E-state index contributed by atoms with van der Waals surface area (Å²) in [5.41, 5.74) is 1.94. The molecule has 5 nitrogen and oxygen atoms in total. The van der Waals surface area contributed by atoms with Crippen molar-refractivity contribution in [3.8, 4) is 11.5 Å². The lowest BCUT2D eigenvalue weighted by Crippen LogP contribution is -2.34. The molecule has 126 valence electrons. The lowest BCUT2D eigenvalue weighted by Gasteiger charge is -2.16. The van der Waals surface area contributed by atoms with Crippen molar-refractivity contribution in [3.05, 3.63) is 65.9 Å². The molecule has 1 atom stereocenters. The summed E-state index contributed by atoms with van der Waals surface area (Å²) >= 11 is 0. The molecule has 5 heteroatoms. The minimum atomic E-state index is -0.274. The topological polar surface area (TPSA) is 59.6 Å². The van der Waals surface area contributed by atoms with Crippen LogP contribution in [0.15, 0.2) is 54.7 Å². The Morgan fingerprint density at radius 3 is 2.42 bits per heavy atom. The second kappa shape index (κ2) is 8.62. The monoisotopic (exact) mass is 326 g/mol. The largest absolute Gasteiger partial charge is 0.493 e. The van der Waals surface area contributed by atoms with Crippen molar-refractivity contribution < 1.29 is 14.3 Å². The molecule has 2 aromatic carbocycles. The number of hydrogen-bond acceptors (Lipinski definition) is 3. The fraction of sp³-hybridized carbons (Fsp3) is 0.211. The van der Waals surface area contributed by atoms with Crippen LogP contribution in [0.1, 0.15) is 24.1 Å². The number of nitrogens with one attached hydrogen (secondary N) is 2. The van der Waals surface area contributed by atoms with E-state index in [0.29, 0.717) is 11.5 Å². The van der Waals surface area contributed by atoms with Crippen LogP contribution in [0.4, 0.5) is 4.79 Å². The van der Waals surface area contributed by atoms with Gasteiger partial charge >= 0.3 is 6.03 Å². The first-order valence-electron chi connectivity index (χ1n) is 7.64. The van der Waals surface area contributed by atoms with Gasteiger partial charge in [-0.15, -0.1) is 0 Å². The van der Waals surface area contributed by atoms with E-state index in [0.717, 1.165) is 11.1 Å². The molecule has 1 unspecified atom stereocenters. The van der Waals surface area contributed by atoms with Gasteiger partial charge in [-0.25, -0.2) is 4.79 Å². The zero-order chi connectivity index (χ0) is 17.4. The van der Waals surface area contributed by atoms with Gasteiger partial charge in [-0.1, -0.05) is 36.4 Å². The highest BCUT2D eigenvalue weighted by atomic mass is 16.5. The van der Waals surface area contributed by atoms with Crippen molar-refractivity contribution >= 4 is 12.1 Å². The summed E-state index contributed by atoms with van der Waals surface area (Å²) < 4.78 is 10.5. The van der Waals surface area contributed by atoms with E-state index in [2.05, 4.69) is 10.6 Å². The van der Waals surface area contributed by atoms with Gasteiger partial charge < -0.3 is 20.1 Å². The van der Waals surface area contributed by atoms with Gasteiger partial charge in [0.2, 0.25) is 0 Å². The van der Waals surface area contributed by atoms with Crippen molar-refractivity contribution in [1.82, 2.24) is 10.6 Å². The summed E-state index contributed by atoms with van der Waals surface area (Å²) in [5.74, 6) is 1.29. The summed E-state index contributed by atoms with van der Waals surface area (Å²) in [7, 11) is 3.17. The van der Waals surface area contributed by atoms with Crippen LogP contribution >= 0.6 is 0 Å². The molecule has 0 saturated carbocycles. The summed E-state index contributed by atoms with van der Waals surface area (Å²) in [6, 6.07) is 14.9. The fourth-order valence-corrected chi connectivity index (χ4v) is 2.22. The lowest BCUT2D eigenvalue weighted by atomic mass is 10.1. The van der Waals surface area contributed by atoms with Gasteiger partial charge in [0.05, 0.1) is 20.3 Å². The quantitative estimate of drug-likeness (QED) is 0.850. The zero-order valence-electron chi connectivity index (χ0n) is 14.1. The van der Waals surface area contributed by atoms with E-state index in [-0.39, 0.29) is 12.1 Å². The van der Waals surface area contributed by atoms with E-state index in [4.69, 9.17) is 9.47 Å². The van der Waals surface area contributed by atoms with E-state index in [1.807, 2.05) is 61.5 Å². The number of rotatable bonds is 6. The van der Waals surface area contributed by atoms with Gasteiger partial charge in [0.15, 0.2) is 11.5 Å². The highest BCUT2D eigenvalue weighted by Crippen LogP contribution is 2.29. The molecular formula is C19H22N2O3. The molecule has 0 aliphatic heterocycles. The predicted octanol–water partition coefficient (Wildman–Crippen LogP) is 3.73. The molecule has 0 radical (unpaired) electrons. The van der Waals surface area contributed by atoms with Crippen LogP contribution in [0, 0.1) is 0 Å². The van der Waals surface area contributed by atoms with Crippen LogP contribution in [0.25, 0.3) is 6.08 Å². The van der Waals surface area contributed by atoms with E-state index in [1.165, 1.54) is 0 Å². The standard InChI is InChI=1S/C19H22N2O3/c1-14(16-9-10-17(23-2)18(13-16)24-3)21-19(22)20-12-11-15-7-5-4-6-8-15/h4-14H,1-3H3,(H2,20,21,22)/b12-11+. The van der Waals surface area contributed by atoms with Gasteiger partial charge in [-0.05, 0) is 36.3 Å². The van der Waals surface area contributed by atoms with Crippen molar-refractivity contribution in [1.29, 1.82) is 0 Å². The molecule has 2 amide bonds. The molecule has 0 aliphatic rings. The van der Waals surface area contributed by atoms with Crippen molar-refractivity contribution in [3.63, 3.8) is 0 Å². The third kappa shape index (κ3) is 4.78. The summed E-state index contributed by atoms with van der Waals surface area (Å²) in [6.45, 7) is 1.90. The zero-order valence-corrected chi connectivity index (χ0v) is 14.1. The molecule has 0 saturated heterocycles. The van der Waals surface area contributed by atoms with Crippen LogP contribution < -0.4 is 20.1 Å². The van der Waals surface area contributed by atoms with Gasteiger partial charge in [0.25, 0.3) is 0 Å². The Labute approximate surface area is 142 Å². The van der Waals surface area contributed by atoms with Gasteiger partial charge in [-0.3, -0.25) is 0 Å². The predicted molar refractivity (Wildman–Crippen MR) is 95.1 cm³/mol. The van der Waals surface area contributed by atoms with E-state index in [9.17, 15) is 4.79 Å². The minimum Gasteiger partial charge on any atom is -0.493 e. The molecule has 2 aromatic rings. The molecule has 24 heavy (non-hydrogen) atoms. The molecule has 0 spiro atoms. The number of methoxy groups -OCH3 is 2. The first-order chi connectivity index (χ1) is 11.6. The Morgan fingerprint density at radius 1 is 1.04 bits per heavy atom. The van der Waals surface area contributed by atoms with Crippen LogP contribution in [0.3, 0.4) is 0 Å². The second-order valence-corrected chi connectivity index (χ2v) is 5.20. The van der Waals surface area contributed by atoms with Crippen molar-refractivity contribution in [2.75, 3.05) is 14.2 Å². The van der Waals surface area contributed by atoms with E-state index in [1.54, 1.807) is 20.4 Å². The highest BCUT2D eigenvalue weighted by Gasteiger charge is 2.12. The van der Waals surface area contributed by atoms with Gasteiger partial charge in [-0.2, -0.15) is 0 Å². The summed E-state index contributed by atoms with van der Waals surface area (Å²) in [4.78, 5) is 12.0. The van der Waals surface area contributed by atoms with Crippen LogP contribution in [0.5, 0.6) is 11.5 Å². The number of urea groups is 1. The molecule has 0 bridgehead atoms. The first-order valence-corrected chi connectivity index (χ1v) is 7.64. The third-order valence-electron chi connectivity index (χ3n) is 3.54.